The van der Waals surface area contributed by atoms with Gasteiger partial charge in [0.2, 0.25) is 0 Å². The van der Waals surface area contributed by atoms with E-state index in [0.29, 0.717) is 16.4 Å². The number of aryl methyl sites for hydroxylation is 1. The molecule has 0 spiro atoms. The number of hydrogen-bond acceptors (Lipinski definition) is 4. The highest BCUT2D eigenvalue weighted by Crippen LogP contribution is 2.29. The lowest BCUT2D eigenvalue weighted by Gasteiger charge is -2.24. The quantitative estimate of drug-likeness (QED) is 0.915. The maximum absolute atomic E-state index is 11.7. The van der Waals surface area contributed by atoms with Crippen molar-refractivity contribution in [2.45, 2.75) is 38.4 Å². The Balaban J connectivity index is 2.79. The lowest BCUT2D eigenvalue weighted by Crippen LogP contribution is -2.29. The predicted molar refractivity (Wildman–Crippen MR) is 81.6 cm³/mol. The predicted octanol–water partition coefficient (Wildman–Crippen LogP) is 2.31. The first-order valence-corrected chi connectivity index (χ1v) is 8.19. The van der Waals surface area contributed by atoms with Gasteiger partial charge in [-0.2, -0.15) is 0 Å². The molecule has 6 nitrogen and oxygen atoms in total. The summed E-state index contributed by atoms with van der Waals surface area (Å²) in [4.78, 5) is 0. The Kier molecular flexibility index (Phi) is 3.86. The number of hydrogen-bond donors (Lipinski definition) is 1. The van der Waals surface area contributed by atoms with Gasteiger partial charge in [0.1, 0.15) is 0 Å². The minimum atomic E-state index is -3.97. The highest BCUT2D eigenvalue weighted by molar-refractivity contribution is 7.89. The van der Waals surface area contributed by atoms with E-state index in [2.05, 4.69) is 10.2 Å². The highest BCUT2D eigenvalue weighted by atomic mass is 35.5. The fourth-order valence-electron chi connectivity index (χ4n) is 2.11. The summed E-state index contributed by atoms with van der Waals surface area (Å²) in [5.41, 5.74) is 1.08. The van der Waals surface area contributed by atoms with Crippen molar-refractivity contribution in [3.05, 3.63) is 28.8 Å². The number of nitrogens with two attached hydrogens (primary N) is 1. The Morgan fingerprint density at radius 2 is 1.81 bits per heavy atom. The largest absolute Gasteiger partial charge is 0.291 e. The topological polar surface area (TPSA) is 90.9 Å². The van der Waals surface area contributed by atoms with E-state index in [1.54, 1.807) is 6.07 Å². The van der Waals surface area contributed by atoms with Crippen LogP contribution in [0.15, 0.2) is 23.4 Å². The van der Waals surface area contributed by atoms with Crippen molar-refractivity contribution in [2.75, 3.05) is 0 Å². The average Bonchev–Trinajstić information content (AvgIpc) is 2.70. The fraction of sp³-hybridized carbons (Fsp3) is 0.385. The second-order valence-corrected chi connectivity index (χ2v) is 7.77. The van der Waals surface area contributed by atoms with Gasteiger partial charge in [-0.15, -0.1) is 10.2 Å². The van der Waals surface area contributed by atoms with E-state index in [0.717, 1.165) is 5.56 Å². The third-order valence-corrected chi connectivity index (χ3v) is 3.85. The second-order valence-electron chi connectivity index (χ2n) is 5.87. The van der Waals surface area contributed by atoms with Crippen LogP contribution in [0.25, 0.3) is 11.4 Å². The molecule has 0 radical (unpaired) electrons. The molecule has 0 aliphatic rings. The molecule has 0 amide bonds. The van der Waals surface area contributed by atoms with Crippen LogP contribution < -0.4 is 5.14 Å². The van der Waals surface area contributed by atoms with Crippen LogP contribution in [0, 0.1) is 6.92 Å². The number of sulfonamides is 1. The van der Waals surface area contributed by atoms with Gasteiger partial charge in [-0.3, -0.25) is 4.57 Å². The van der Waals surface area contributed by atoms with Crippen LogP contribution >= 0.6 is 11.6 Å². The Morgan fingerprint density at radius 1 is 1.19 bits per heavy atom. The molecule has 0 saturated heterocycles. The van der Waals surface area contributed by atoms with Crippen LogP contribution in [0.3, 0.4) is 0 Å². The number of aromatic nitrogens is 3. The van der Waals surface area contributed by atoms with E-state index in [1.165, 1.54) is 4.57 Å². The molecule has 0 atom stereocenters. The average molecular weight is 329 g/mol. The van der Waals surface area contributed by atoms with Crippen LogP contribution in [0.2, 0.25) is 5.02 Å². The van der Waals surface area contributed by atoms with Crippen molar-refractivity contribution in [1.29, 1.82) is 0 Å². The molecule has 1 aromatic heterocycles. The first-order valence-electron chi connectivity index (χ1n) is 6.26. The van der Waals surface area contributed by atoms with Crippen molar-refractivity contribution in [3.63, 3.8) is 0 Å². The summed E-state index contributed by atoms with van der Waals surface area (Å²) in [5.74, 6) is 0.414. The first kappa shape index (κ1) is 15.9. The Morgan fingerprint density at radius 3 is 2.29 bits per heavy atom. The van der Waals surface area contributed by atoms with Crippen LogP contribution in [0.1, 0.15) is 26.3 Å². The highest BCUT2D eigenvalue weighted by Gasteiger charge is 2.29. The van der Waals surface area contributed by atoms with Crippen molar-refractivity contribution < 1.29 is 8.42 Å². The number of benzene rings is 1. The van der Waals surface area contributed by atoms with Crippen molar-refractivity contribution in [2.24, 2.45) is 5.14 Å². The summed E-state index contributed by atoms with van der Waals surface area (Å²) in [6.07, 6.45) is 0. The third kappa shape index (κ3) is 3.25. The Hall–Kier alpha value is -1.44. The SMILES string of the molecule is Cc1cc(Cl)cc(-c2nnc(S(N)(=O)=O)n2C(C)(C)C)c1. The summed E-state index contributed by atoms with van der Waals surface area (Å²) < 4.78 is 24.9. The molecule has 0 aliphatic heterocycles. The number of primary sulfonamides is 1. The van der Waals surface area contributed by atoms with E-state index in [4.69, 9.17) is 16.7 Å². The molecule has 0 saturated carbocycles. The zero-order chi connectivity index (χ0) is 16.0. The molecule has 114 valence electrons. The van der Waals surface area contributed by atoms with Gasteiger partial charge in [0.15, 0.2) is 5.82 Å². The van der Waals surface area contributed by atoms with E-state index >= 15 is 0 Å². The van der Waals surface area contributed by atoms with Gasteiger partial charge in [0.25, 0.3) is 15.2 Å². The van der Waals surface area contributed by atoms with E-state index in [-0.39, 0.29) is 5.16 Å². The lowest BCUT2D eigenvalue weighted by molar-refractivity contribution is 0.366. The molecule has 2 N–H and O–H groups in total. The molecule has 0 bridgehead atoms. The molecule has 8 heteroatoms. The van der Waals surface area contributed by atoms with E-state index < -0.39 is 15.6 Å². The molecule has 2 aromatic rings. The van der Waals surface area contributed by atoms with Gasteiger partial charge in [-0.1, -0.05) is 11.6 Å². The number of halogens is 1. The smallest absolute Gasteiger partial charge is 0.273 e. The van der Waals surface area contributed by atoms with Gasteiger partial charge >= 0.3 is 0 Å². The molecule has 2 rings (SSSR count). The van der Waals surface area contributed by atoms with E-state index in [1.807, 2.05) is 39.8 Å². The van der Waals surface area contributed by atoms with Crippen molar-refractivity contribution >= 4 is 21.6 Å². The molecule has 0 unspecified atom stereocenters. The monoisotopic (exact) mass is 328 g/mol. The lowest BCUT2D eigenvalue weighted by atomic mass is 10.1. The first-order chi connectivity index (χ1) is 9.50. The minimum absolute atomic E-state index is 0.261. The van der Waals surface area contributed by atoms with Crippen LogP contribution in [-0.2, 0) is 15.6 Å². The van der Waals surface area contributed by atoms with Gasteiger partial charge in [-0.05, 0) is 51.5 Å². The zero-order valence-corrected chi connectivity index (χ0v) is 13.8. The summed E-state index contributed by atoms with van der Waals surface area (Å²) in [7, 11) is -3.97. The van der Waals surface area contributed by atoms with Gasteiger partial charge < -0.3 is 0 Å². The van der Waals surface area contributed by atoms with Gasteiger partial charge in [0.05, 0.1) is 0 Å². The second kappa shape index (κ2) is 5.08. The summed E-state index contributed by atoms with van der Waals surface area (Å²) in [6.45, 7) is 7.46. The van der Waals surface area contributed by atoms with E-state index in [9.17, 15) is 8.42 Å². The maximum Gasteiger partial charge on any atom is 0.273 e. The number of nitrogens with zero attached hydrogens (tertiary/aromatic N) is 3. The van der Waals surface area contributed by atoms with Gasteiger partial charge in [0, 0.05) is 16.1 Å². The third-order valence-electron chi connectivity index (χ3n) is 2.86. The molecule has 21 heavy (non-hydrogen) atoms. The van der Waals surface area contributed by atoms with Crippen molar-refractivity contribution in [3.8, 4) is 11.4 Å². The van der Waals surface area contributed by atoms with Crippen LogP contribution in [-0.4, -0.2) is 23.2 Å². The maximum atomic E-state index is 11.7. The molecule has 1 aromatic carbocycles. The van der Waals surface area contributed by atoms with Crippen LogP contribution in [0.5, 0.6) is 0 Å². The molecular formula is C13H17ClN4O2S. The Bertz CT molecular complexity index is 771. The summed E-state index contributed by atoms with van der Waals surface area (Å²) in [6, 6.07) is 5.39. The fourth-order valence-corrected chi connectivity index (χ4v) is 3.17. The molecular weight excluding hydrogens is 312 g/mol. The normalized spacial score (nSPS) is 12.7. The summed E-state index contributed by atoms with van der Waals surface area (Å²) >= 11 is 6.06. The standard InChI is InChI=1S/C13H17ClN4O2S/c1-8-5-9(7-10(14)6-8)11-16-17-12(21(15,19)20)18(11)13(2,3)4/h5-7H,1-4H3,(H2,15,19,20). The van der Waals surface area contributed by atoms with Crippen LogP contribution in [0.4, 0.5) is 0 Å². The molecule has 0 aliphatic carbocycles. The van der Waals surface area contributed by atoms with Crippen molar-refractivity contribution in [1.82, 2.24) is 14.8 Å². The Labute approximate surface area is 129 Å². The van der Waals surface area contributed by atoms with Gasteiger partial charge in [-0.25, -0.2) is 13.6 Å². The zero-order valence-electron chi connectivity index (χ0n) is 12.3. The molecule has 1 heterocycles. The minimum Gasteiger partial charge on any atom is -0.291 e. The summed E-state index contributed by atoms with van der Waals surface area (Å²) in [5, 5.41) is 13.3. The number of rotatable bonds is 2. The molecule has 0 fully saturated rings.